The first-order valence-corrected chi connectivity index (χ1v) is 10.7. The summed E-state index contributed by atoms with van der Waals surface area (Å²) in [6, 6.07) is 7.92. The molecule has 0 aliphatic carbocycles. The Labute approximate surface area is 185 Å². The molecule has 2 fully saturated rings. The highest BCUT2D eigenvalue weighted by Crippen LogP contribution is 2.38. The van der Waals surface area contributed by atoms with Crippen LogP contribution in [0, 0.1) is 0 Å². The summed E-state index contributed by atoms with van der Waals surface area (Å²) < 4.78 is 28.9. The fraction of sp³-hybridized carbons (Fsp3) is 0.609. The van der Waals surface area contributed by atoms with Crippen molar-refractivity contribution in [2.75, 3.05) is 19.8 Å². The van der Waals surface area contributed by atoms with E-state index in [9.17, 15) is 4.79 Å². The third kappa shape index (κ3) is 6.10. The Morgan fingerprint density at radius 2 is 1.65 bits per heavy atom. The Morgan fingerprint density at radius 3 is 2.16 bits per heavy atom. The van der Waals surface area contributed by atoms with Crippen LogP contribution in [0.2, 0.25) is 0 Å². The summed E-state index contributed by atoms with van der Waals surface area (Å²) in [5.41, 5.74) is 1.19. The van der Waals surface area contributed by atoms with Crippen molar-refractivity contribution in [1.29, 1.82) is 0 Å². The lowest BCUT2D eigenvalue weighted by Crippen LogP contribution is -2.41. The first kappa shape index (κ1) is 23.8. The molecule has 2 aliphatic heterocycles. The largest absolute Gasteiger partial charge is 0.492 e. The van der Waals surface area contributed by atoms with Gasteiger partial charge in [0, 0.05) is 12.1 Å². The Bertz CT molecular complexity index is 790. The van der Waals surface area contributed by atoms with Gasteiger partial charge in [0.2, 0.25) is 0 Å². The average molecular weight is 431 g/mol. The molecule has 0 saturated carbocycles. The number of hydrogen-bond acceptors (Lipinski definition) is 6. The van der Waals surface area contributed by atoms with Gasteiger partial charge < -0.3 is 28.8 Å². The summed E-state index contributed by atoms with van der Waals surface area (Å²) in [4.78, 5) is 12.2. The predicted molar refractivity (Wildman–Crippen MR) is 119 cm³/mol. The first-order valence-electron chi connectivity index (χ1n) is 10.7. The van der Waals surface area contributed by atoms with Crippen LogP contribution in [0.15, 0.2) is 29.7 Å². The maximum absolute atomic E-state index is 12.2. The zero-order valence-electron chi connectivity index (χ0n) is 19.6. The molecule has 7 nitrogen and oxygen atoms in total. The number of carbonyl (C=O) groups is 1. The fourth-order valence-corrected chi connectivity index (χ4v) is 3.20. The van der Waals surface area contributed by atoms with Crippen LogP contribution in [0.25, 0.3) is 6.08 Å². The van der Waals surface area contributed by atoms with Crippen molar-refractivity contribution in [3.05, 3.63) is 40.9 Å². The molecular formula is C23H34BNO6. The number of hydrogen-bond donors (Lipinski definition) is 1. The molecule has 8 heteroatoms. The lowest BCUT2D eigenvalue weighted by molar-refractivity contribution is -0.0441. The van der Waals surface area contributed by atoms with Crippen molar-refractivity contribution < 1.29 is 28.3 Å². The first-order chi connectivity index (χ1) is 14.4. The van der Waals surface area contributed by atoms with Crippen LogP contribution in [-0.2, 0) is 23.5 Å². The van der Waals surface area contributed by atoms with E-state index in [0.29, 0.717) is 13.2 Å². The molecule has 1 aromatic carbocycles. The number of nitrogens with one attached hydrogen (secondary N) is 1. The van der Waals surface area contributed by atoms with Crippen LogP contribution in [0.5, 0.6) is 0 Å². The summed E-state index contributed by atoms with van der Waals surface area (Å²) in [5, 5.41) is 2.82. The molecule has 2 aliphatic rings. The molecule has 2 heterocycles. The lowest BCUT2D eigenvalue weighted by Gasteiger charge is -2.32. The van der Waals surface area contributed by atoms with E-state index in [-0.39, 0.29) is 12.8 Å². The van der Waals surface area contributed by atoms with Gasteiger partial charge in [0.1, 0.15) is 5.60 Å². The van der Waals surface area contributed by atoms with Crippen molar-refractivity contribution in [3.8, 4) is 0 Å². The lowest BCUT2D eigenvalue weighted by atomic mass is 9.77. The van der Waals surface area contributed by atoms with Crippen LogP contribution in [0.4, 0.5) is 4.79 Å². The molecule has 2 saturated heterocycles. The van der Waals surface area contributed by atoms with Gasteiger partial charge in [-0.3, -0.25) is 0 Å². The molecule has 1 N–H and O–H groups in total. The smallest absolute Gasteiger partial charge is 0.444 e. The van der Waals surface area contributed by atoms with Crippen LogP contribution in [-0.4, -0.2) is 49.8 Å². The highest BCUT2D eigenvalue weighted by molar-refractivity contribution is 6.56. The summed E-state index contributed by atoms with van der Waals surface area (Å²) in [6.07, 6.45) is 1.18. The van der Waals surface area contributed by atoms with Crippen molar-refractivity contribution >= 4 is 19.3 Å². The molecule has 0 bridgehead atoms. The van der Waals surface area contributed by atoms with Crippen molar-refractivity contribution in [2.45, 2.75) is 71.6 Å². The van der Waals surface area contributed by atoms with E-state index in [1.54, 1.807) is 0 Å². The number of rotatable bonds is 5. The second-order valence-electron chi connectivity index (χ2n) is 9.90. The molecule has 1 aromatic rings. The normalized spacial score (nSPS) is 21.4. The molecule has 31 heavy (non-hydrogen) atoms. The Kier molecular flexibility index (Phi) is 6.86. The third-order valence-corrected chi connectivity index (χ3v) is 5.57. The number of ether oxygens (including phenoxy) is 3. The Morgan fingerprint density at radius 1 is 1.10 bits per heavy atom. The van der Waals surface area contributed by atoms with Gasteiger partial charge >= 0.3 is 13.2 Å². The van der Waals surface area contributed by atoms with Gasteiger partial charge in [0.15, 0.2) is 6.29 Å². The highest BCUT2D eigenvalue weighted by atomic mass is 16.7. The quantitative estimate of drug-likeness (QED) is 0.702. The Balaban J connectivity index is 1.78. The van der Waals surface area contributed by atoms with Gasteiger partial charge in [-0.05, 0) is 59.5 Å². The van der Waals surface area contributed by atoms with Gasteiger partial charge in [-0.1, -0.05) is 30.3 Å². The number of alkyl carbamates (subject to hydrolysis) is 1. The average Bonchev–Trinajstić information content (AvgIpc) is 3.24. The predicted octanol–water partition coefficient (Wildman–Crippen LogP) is 4.27. The maximum Gasteiger partial charge on any atom is 0.492 e. The van der Waals surface area contributed by atoms with E-state index in [1.165, 1.54) is 0 Å². The van der Waals surface area contributed by atoms with Crippen LogP contribution < -0.4 is 5.32 Å². The molecule has 0 atom stereocenters. The van der Waals surface area contributed by atoms with Crippen LogP contribution in [0.1, 0.15) is 65.9 Å². The SMILES string of the molecule is CC(C)(C)OC(=O)NCC(=Cc1ccc(C2OCCO2)cc1)B1OC(C)(C)C(C)(C)O1. The molecule has 0 unspecified atom stereocenters. The van der Waals surface area contributed by atoms with Crippen molar-refractivity contribution in [3.63, 3.8) is 0 Å². The van der Waals surface area contributed by atoms with E-state index in [1.807, 2.05) is 78.8 Å². The van der Waals surface area contributed by atoms with Crippen molar-refractivity contribution in [1.82, 2.24) is 5.32 Å². The van der Waals surface area contributed by atoms with E-state index in [2.05, 4.69) is 5.32 Å². The Hall–Kier alpha value is -1.87. The second-order valence-corrected chi connectivity index (χ2v) is 9.90. The monoisotopic (exact) mass is 431 g/mol. The molecule has 0 spiro atoms. The van der Waals surface area contributed by atoms with E-state index < -0.39 is 30.0 Å². The molecule has 0 aromatic heterocycles. The van der Waals surface area contributed by atoms with Gasteiger partial charge in [-0.15, -0.1) is 0 Å². The number of amides is 1. The fourth-order valence-electron chi connectivity index (χ4n) is 3.20. The summed E-state index contributed by atoms with van der Waals surface area (Å²) in [7, 11) is -0.582. The summed E-state index contributed by atoms with van der Waals surface area (Å²) >= 11 is 0. The molecular weight excluding hydrogens is 397 g/mol. The molecule has 170 valence electrons. The van der Waals surface area contributed by atoms with Crippen molar-refractivity contribution in [2.24, 2.45) is 0 Å². The maximum atomic E-state index is 12.2. The second kappa shape index (κ2) is 8.94. The minimum atomic E-state index is -0.582. The third-order valence-electron chi connectivity index (χ3n) is 5.57. The minimum Gasteiger partial charge on any atom is -0.444 e. The highest BCUT2D eigenvalue weighted by Gasteiger charge is 2.52. The van der Waals surface area contributed by atoms with E-state index in [4.69, 9.17) is 23.5 Å². The van der Waals surface area contributed by atoms with Gasteiger partial charge in [0.25, 0.3) is 0 Å². The standard InChI is InChI=1S/C23H34BNO6/c1-21(2,3)29-20(26)25-15-18(24-30-22(4,5)23(6,7)31-24)14-16-8-10-17(11-9-16)19-27-12-13-28-19/h8-11,14,19H,12-13,15H2,1-7H3,(H,25,26). The molecule has 0 radical (unpaired) electrons. The van der Waals surface area contributed by atoms with Gasteiger partial charge in [0.05, 0.1) is 24.4 Å². The summed E-state index contributed by atoms with van der Waals surface area (Å²) in [5.74, 6) is 0. The number of carbonyl (C=O) groups excluding carboxylic acids is 1. The topological polar surface area (TPSA) is 75.3 Å². The van der Waals surface area contributed by atoms with Gasteiger partial charge in [-0.25, -0.2) is 4.79 Å². The van der Waals surface area contributed by atoms with Crippen LogP contribution in [0.3, 0.4) is 0 Å². The molecule has 3 rings (SSSR count). The number of benzene rings is 1. The zero-order chi connectivity index (χ0) is 22.9. The minimum absolute atomic E-state index is 0.238. The van der Waals surface area contributed by atoms with E-state index >= 15 is 0 Å². The van der Waals surface area contributed by atoms with Gasteiger partial charge in [-0.2, -0.15) is 0 Å². The van der Waals surface area contributed by atoms with E-state index in [0.717, 1.165) is 16.6 Å². The van der Waals surface area contributed by atoms with Crippen LogP contribution >= 0.6 is 0 Å². The zero-order valence-corrected chi connectivity index (χ0v) is 19.6. The molecule has 1 amide bonds. The summed E-state index contributed by atoms with van der Waals surface area (Å²) in [6.45, 7) is 15.0.